The van der Waals surface area contributed by atoms with E-state index in [0.717, 1.165) is 0 Å². The van der Waals surface area contributed by atoms with E-state index in [1.165, 1.54) is 29.0 Å². The van der Waals surface area contributed by atoms with Gasteiger partial charge in [-0.3, -0.25) is 19.3 Å². The third-order valence-electron chi connectivity index (χ3n) is 3.55. The van der Waals surface area contributed by atoms with Crippen LogP contribution < -0.4 is 5.32 Å². The second-order valence-corrected chi connectivity index (χ2v) is 7.67. The summed E-state index contributed by atoms with van der Waals surface area (Å²) in [5, 5.41) is 3.31. The molecule has 0 radical (unpaired) electrons. The molecule has 2 amide bonds. The quantitative estimate of drug-likeness (QED) is 0.825. The zero-order chi connectivity index (χ0) is 17.9. The lowest BCUT2D eigenvalue weighted by molar-refractivity contribution is -0.131. The van der Waals surface area contributed by atoms with Crippen molar-refractivity contribution in [3.63, 3.8) is 0 Å². The van der Waals surface area contributed by atoms with E-state index >= 15 is 0 Å². The second kappa shape index (κ2) is 7.25. The number of nitrogens with zero attached hydrogens (tertiary/aromatic N) is 1. The zero-order valence-electron chi connectivity index (χ0n) is 14.3. The number of allylic oxidation sites excluding steroid dienone is 1. The van der Waals surface area contributed by atoms with E-state index in [1.807, 2.05) is 20.8 Å². The maximum absolute atomic E-state index is 12.2. The SMILES string of the molecule is CC(NC(=O)CN1C(=O)CS/C1=C\C(=O)C(C)(C)C)c1ccco1. The maximum atomic E-state index is 12.2. The van der Waals surface area contributed by atoms with Crippen LogP contribution in [-0.4, -0.2) is 34.8 Å². The highest BCUT2D eigenvalue weighted by Gasteiger charge is 2.31. The Morgan fingerprint density at radius 3 is 2.75 bits per heavy atom. The predicted octanol–water partition coefficient (Wildman–Crippen LogP) is 2.49. The molecule has 0 saturated carbocycles. The molecule has 1 saturated heterocycles. The minimum Gasteiger partial charge on any atom is -0.467 e. The van der Waals surface area contributed by atoms with Crippen LogP contribution in [0.5, 0.6) is 0 Å². The number of hydrogen-bond donors (Lipinski definition) is 1. The first-order valence-corrected chi connectivity index (χ1v) is 8.69. The molecule has 0 aromatic carbocycles. The minimum atomic E-state index is -0.527. The van der Waals surface area contributed by atoms with Crippen LogP contribution in [0.2, 0.25) is 0 Å². The van der Waals surface area contributed by atoms with Gasteiger partial charge >= 0.3 is 0 Å². The van der Waals surface area contributed by atoms with Gasteiger partial charge in [0.25, 0.3) is 0 Å². The molecule has 130 valence electrons. The molecule has 1 aromatic rings. The molecule has 1 aromatic heterocycles. The third-order valence-corrected chi connectivity index (χ3v) is 4.58. The number of hydrogen-bond acceptors (Lipinski definition) is 5. The normalized spacial score (nSPS) is 18.1. The molecule has 2 heterocycles. The molecule has 2 rings (SSSR count). The molecule has 1 N–H and O–H groups in total. The van der Waals surface area contributed by atoms with Crippen molar-refractivity contribution in [2.75, 3.05) is 12.3 Å². The molecule has 0 bridgehead atoms. The molecular weight excluding hydrogens is 328 g/mol. The summed E-state index contributed by atoms with van der Waals surface area (Å²) < 4.78 is 5.24. The van der Waals surface area contributed by atoms with Gasteiger partial charge in [0, 0.05) is 11.5 Å². The second-order valence-electron chi connectivity index (χ2n) is 6.67. The van der Waals surface area contributed by atoms with Crippen molar-refractivity contribution < 1.29 is 18.8 Å². The standard InChI is InChI=1S/C17H22N2O4S/c1-11(12-6-5-7-23-12)18-14(21)9-19-15(22)10-24-16(19)8-13(20)17(2,3)4/h5-8,11H,9-10H2,1-4H3,(H,18,21)/b16-8-. The van der Waals surface area contributed by atoms with Crippen LogP contribution >= 0.6 is 11.8 Å². The molecule has 6 nitrogen and oxygen atoms in total. The Morgan fingerprint density at radius 1 is 1.46 bits per heavy atom. The van der Waals surface area contributed by atoms with Crippen molar-refractivity contribution >= 4 is 29.4 Å². The van der Waals surface area contributed by atoms with Crippen LogP contribution in [0.15, 0.2) is 33.9 Å². The van der Waals surface area contributed by atoms with E-state index in [2.05, 4.69) is 5.32 Å². The average Bonchev–Trinajstić information content (AvgIpc) is 3.11. The molecule has 0 spiro atoms. The first-order chi connectivity index (χ1) is 11.2. The van der Waals surface area contributed by atoms with Crippen LogP contribution in [0.25, 0.3) is 0 Å². The van der Waals surface area contributed by atoms with Gasteiger partial charge in [-0.1, -0.05) is 32.5 Å². The first kappa shape index (κ1) is 18.3. The van der Waals surface area contributed by atoms with Crippen LogP contribution in [0.1, 0.15) is 39.5 Å². The summed E-state index contributed by atoms with van der Waals surface area (Å²) in [6, 6.07) is 3.23. The van der Waals surface area contributed by atoms with E-state index in [1.54, 1.807) is 19.1 Å². The van der Waals surface area contributed by atoms with Crippen molar-refractivity contribution in [3.05, 3.63) is 35.3 Å². The summed E-state index contributed by atoms with van der Waals surface area (Å²) in [6.07, 6.45) is 3.00. The lowest BCUT2D eigenvalue weighted by Gasteiger charge is -2.20. The third kappa shape index (κ3) is 4.50. The molecule has 1 atom stereocenters. The molecule has 1 fully saturated rings. The van der Waals surface area contributed by atoms with Gasteiger partial charge in [0.2, 0.25) is 11.8 Å². The smallest absolute Gasteiger partial charge is 0.240 e. The van der Waals surface area contributed by atoms with Gasteiger partial charge in [-0.05, 0) is 19.1 Å². The van der Waals surface area contributed by atoms with Gasteiger partial charge < -0.3 is 9.73 Å². The van der Waals surface area contributed by atoms with E-state index < -0.39 is 5.41 Å². The maximum Gasteiger partial charge on any atom is 0.240 e. The Balaban J connectivity index is 2.03. The van der Waals surface area contributed by atoms with Crippen LogP contribution in [0, 0.1) is 5.41 Å². The monoisotopic (exact) mass is 350 g/mol. The summed E-state index contributed by atoms with van der Waals surface area (Å²) in [5.74, 6) is 0.334. The van der Waals surface area contributed by atoms with Gasteiger partial charge in [-0.2, -0.15) is 0 Å². The predicted molar refractivity (Wildman–Crippen MR) is 92.0 cm³/mol. The number of nitrogens with one attached hydrogen (secondary N) is 1. The van der Waals surface area contributed by atoms with Crippen molar-refractivity contribution in [1.29, 1.82) is 0 Å². The summed E-state index contributed by atoms with van der Waals surface area (Å²) in [6.45, 7) is 7.14. The van der Waals surface area contributed by atoms with Gasteiger partial charge in [0.15, 0.2) is 5.78 Å². The fourth-order valence-electron chi connectivity index (χ4n) is 2.07. The summed E-state index contributed by atoms with van der Waals surface area (Å²) in [4.78, 5) is 37.7. The Kier molecular flexibility index (Phi) is 5.54. The molecular formula is C17H22N2O4S. The van der Waals surface area contributed by atoms with Gasteiger partial charge in [-0.25, -0.2) is 0 Å². The molecule has 7 heteroatoms. The molecule has 1 unspecified atom stereocenters. The van der Waals surface area contributed by atoms with Gasteiger partial charge in [0.05, 0.1) is 23.1 Å². The van der Waals surface area contributed by atoms with Crippen molar-refractivity contribution in [3.8, 4) is 0 Å². The Morgan fingerprint density at radius 2 is 2.17 bits per heavy atom. The van der Waals surface area contributed by atoms with Crippen molar-refractivity contribution in [2.24, 2.45) is 5.41 Å². The van der Waals surface area contributed by atoms with Crippen LogP contribution in [-0.2, 0) is 14.4 Å². The van der Waals surface area contributed by atoms with Crippen molar-refractivity contribution in [1.82, 2.24) is 10.2 Å². The molecule has 1 aliphatic heterocycles. The van der Waals surface area contributed by atoms with Gasteiger partial charge in [0.1, 0.15) is 12.3 Å². The lowest BCUT2D eigenvalue weighted by atomic mass is 9.91. The lowest BCUT2D eigenvalue weighted by Crippen LogP contribution is -2.38. The Labute approximate surface area is 145 Å². The van der Waals surface area contributed by atoms with Crippen molar-refractivity contribution in [2.45, 2.75) is 33.7 Å². The Hall–Kier alpha value is -2.02. The van der Waals surface area contributed by atoms with Crippen LogP contribution in [0.3, 0.4) is 0 Å². The van der Waals surface area contributed by atoms with Crippen LogP contribution in [0.4, 0.5) is 0 Å². The average molecular weight is 350 g/mol. The summed E-state index contributed by atoms with van der Waals surface area (Å²) >= 11 is 1.28. The number of carbonyl (C=O) groups is 3. The highest BCUT2D eigenvalue weighted by molar-refractivity contribution is 8.04. The molecule has 1 aliphatic rings. The summed E-state index contributed by atoms with van der Waals surface area (Å²) in [5.41, 5.74) is -0.527. The first-order valence-electron chi connectivity index (χ1n) is 7.70. The number of amides is 2. The number of thioether (sulfide) groups is 1. The van der Waals surface area contributed by atoms with E-state index in [-0.39, 0.29) is 35.9 Å². The minimum absolute atomic E-state index is 0.0749. The number of furan rings is 1. The summed E-state index contributed by atoms with van der Waals surface area (Å²) in [7, 11) is 0. The zero-order valence-corrected chi connectivity index (χ0v) is 15.1. The molecule has 24 heavy (non-hydrogen) atoms. The topological polar surface area (TPSA) is 79.6 Å². The number of ketones is 1. The van der Waals surface area contributed by atoms with E-state index in [9.17, 15) is 14.4 Å². The fourth-order valence-corrected chi connectivity index (χ4v) is 3.01. The highest BCUT2D eigenvalue weighted by atomic mass is 32.2. The number of carbonyl (C=O) groups excluding carboxylic acids is 3. The van der Waals surface area contributed by atoms with E-state index in [0.29, 0.717) is 10.8 Å². The number of rotatable bonds is 5. The fraction of sp³-hybridized carbons (Fsp3) is 0.471. The largest absolute Gasteiger partial charge is 0.467 e. The highest BCUT2D eigenvalue weighted by Crippen LogP contribution is 2.30. The Bertz CT molecular complexity index is 659. The van der Waals surface area contributed by atoms with Gasteiger partial charge in [-0.15, -0.1) is 0 Å². The molecule has 0 aliphatic carbocycles. The van der Waals surface area contributed by atoms with E-state index in [4.69, 9.17) is 4.42 Å².